The normalized spacial score (nSPS) is 20.7. The molecule has 1 unspecified atom stereocenters. The van der Waals surface area contributed by atoms with Gasteiger partial charge in [0.25, 0.3) is 0 Å². The third-order valence-corrected chi connectivity index (χ3v) is 5.61. The van der Waals surface area contributed by atoms with Crippen LogP contribution in [0, 0.1) is 11.7 Å². The monoisotopic (exact) mass is 309 g/mol. The minimum atomic E-state index is -2.93. The average molecular weight is 309 g/mol. The number of pyridine rings is 1. The van der Waals surface area contributed by atoms with Crippen molar-refractivity contribution in [2.24, 2.45) is 5.92 Å². The van der Waals surface area contributed by atoms with E-state index < -0.39 is 15.7 Å². The summed E-state index contributed by atoms with van der Waals surface area (Å²) in [6, 6.07) is 4.78. The topological polar surface area (TPSA) is 85.1 Å². The number of rotatable bonds is 3. The van der Waals surface area contributed by atoms with E-state index in [1.807, 2.05) is 0 Å². The summed E-state index contributed by atoms with van der Waals surface area (Å²) >= 11 is 0. The van der Waals surface area contributed by atoms with Crippen LogP contribution in [-0.4, -0.2) is 31.5 Å². The van der Waals surface area contributed by atoms with Gasteiger partial charge in [-0.15, -0.1) is 0 Å². The minimum absolute atomic E-state index is 0.00529. The second-order valence-corrected chi connectivity index (χ2v) is 7.60. The lowest BCUT2D eigenvalue weighted by Gasteiger charge is -2.14. The van der Waals surface area contributed by atoms with E-state index in [4.69, 9.17) is 5.73 Å². The number of sulfone groups is 1. The van der Waals surface area contributed by atoms with E-state index >= 15 is 0 Å². The highest BCUT2D eigenvalue weighted by Gasteiger charge is 2.28. The van der Waals surface area contributed by atoms with Gasteiger partial charge >= 0.3 is 0 Å². The summed E-state index contributed by atoms with van der Waals surface area (Å²) in [5.74, 6) is -0.102. The first-order valence-electron chi connectivity index (χ1n) is 6.73. The zero-order valence-electron chi connectivity index (χ0n) is 11.3. The summed E-state index contributed by atoms with van der Waals surface area (Å²) < 4.78 is 37.0. The smallest absolute Gasteiger partial charge is 0.150 e. The number of anilines is 2. The minimum Gasteiger partial charge on any atom is -0.398 e. The Kier molecular flexibility index (Phi) is 3.44. The van der Waals surface area contributed by atoms with Crippen LogP contribution in [-0.2, 0) is 9.84 Å². The number of nitrogens with two attached hydrogens (primary N) is 1. The molecule has 0 bridgehead atoms. The SMILES string of the molecule is Nc1cc(F)c(NCC2CCS(=O)(=O)C2)c2ncccc12. The summed E-state index contributed by atoms with van der Waals surface area (Å²) in [5, 5.41) is 3.69. The lowest BCUT2D eigenvalue weighted by molar-refractivity contribution is 0.594. The number of halogens is 1. The van der Waals surface area contributed by atoms with Crippen molar-refractivity contribution in [3.8, 4) is 0 Å². The maximum absolute atomic E-state index is 14.1. The predicted octanol–water partition coefficient (Wildman–Crippen LogP) is 1.80. The lowest BCUT2D eigenvalue weighted by atomic mass is 10.1. The fourth-order valence-electron chi connectivity index (χ4n) is 2.68. The number of nitrogens with zero attached hydrogens (tertiary/aromatic N) is 1. The number of fused-ring (bicyclic) bond motifs is 1. The summed E-state index contributed by atoms with van der Waals surface area (Å²) in [4.78, 5) is 4.18. The standard InChI is InChI=1S/C14H16FN3O2S/c15-11-6-12(16)10-2-1-4-17-13(10)14(11)18-7-9-3-5-21(19,20)8-9/h1-2,4,6,9,18H,3,5,7-8,16H2. The molecule has 3 N–H and O–H groups in total. The Bertz CT molecular complexity index is 792. The molecule has 1 fully saturated rings. The summed E-state index contributed by atoms with van der Waals surface area (Å²) in [6.45, 7) is 0.408. The van der Waals surface area contributed by atoms with Crippen LogP contribution >= 0.6 is 0 Å². The van der Waals surface area contributed by atoms with Gasteiger partial charge in [-0.25, -0.2) is 12.8 Å². The van der Waals surface area contributed by atoms with Crippen molar-refractivity contribution in [1.29, 1.82) is 0 Å². The van der Waals surface area contributed by atoms with Crippen LogP contribution in [0.3, 0.4) is 0 Å². The van der Waals surface area contributed by atoms with Crippen molar-refractivity contribution in [3.05, 3.63) is 30.2 Å². The molecule has 1 atom stereocenters. The van der Waals surface area contributed by atoms with Crippen LogP contribution in [0.25, 0.3) is 10.9 Å². The summed E-state index contributed by atoms with van der Waals surface area (Å²) in [6.07, 6.45) is 2.18. The molecule has 0 saturated carbocycles. The van der Waals surface area contributed by atoms with Gasteiger partial charge in [0.15, 0.2) is 15.7 Å². The largest absolute Gasteiger partial charge is 0.398 e. The molecule has 1 aromatic heterocycles. The first kappa shape index (κ1) is 14.1. The number of aromatic nitrogens is 1. The van der Waals surface area contributed by atoms with Gasteiger partial charge in [-0.2, -0.15) is 0 Å². The Morgan fingerprint density at radius 1 is 1.48 bits per heavy atom. The van der Waals surface area contributed by atoms with E-state index in [1.165, 1.54) is 6.07 Å². The Morgan fingerprint density at radius 3 is 3.00 bits per heavy atom. The Balaban J connectivity index is 1.87. The highest BCUT2D eigenvalue weighted by molar-refractivity contribution is 7.91. The first-order valence-corrected chi connectivity index (χ1v) is 8.55. The zero-order chi connectivity index (χ0) is 15.0. The fourth-order valence-corrected chi connectivity index (χ4v) is 4.55. The number of hydrogen-bond acceptors (Lipinski definition) is 5. The molecule has 3 rings (SSSR count). The molecular weight excluding hydrogens is 293 g/mol. The molecule has 0 spiro atoms. The highest BCUT2D eigenvalue weighted by Crippen LogP contribution is 2.30. The molecule has 1 aliphatic heterocycles. The molecular formula is C14H16FN3O2S. The third kappa shape index (κ3) is 2.78. The van der Waals surface area contributed by atoms with Crippen molar-refractivity contribution in [2.45, 2.75) is 6.42 Å². The molecule has 0 aliphatic carbocycles. The van der Waals surface area contributed by atoms with Gasteiger partial charge in [0.05, 0.1) is 22.7 Å². The van der Waals surface area contributed by atoms with Crippen LogP contribution in [0.2, 0.25) is 0 Å². The van der Waals surface area contributed by atoms with Gasteiger partial charge in [0, 0.05) is 23.8 Å². The molecule has 0 amide bonds. The maximum Gasteiger partial charge on any atom is 0.150 e. The molecule has 0 radical (unpaired) electrons. The number of hydrogen-bond donors (Lipinski definition) is 2. The second kappa shape index (κ2) is 5.14. The molecule has 7 heteroatoms. The molecule has 2 heterocycles. The van der Waals surface area contributed by atoms with Crippen LogP contribution < -0.4 is 11.1 Å². The van der Waals surface area contributed by atoms with Crippen molar-refractivity contribution >= 4 is 32.1 Å². The number of benzene rings is 1. The van der Waals surface area contributed by atoms with Gasteiger partial charge in [0.2, 0.25) is 0 Å². The van der Waals surface area contributed by atoms with Crippen molar-refractivity contribution in [2.75, 3.05) is 29.1 Å². The predicted molar refractivity (Wildman–Crippen MR) is 81.4 cm³/mol. The van der Waals surface area contributed by atoms with E-state index in [0.717, 1.165) is 0 Å². The van der Waals surface area contributed by atoms with Crippen LogP contribution in [0.1, 0.15) is 6.42 Å². The molecule has 2 aromatic rings. The van der Waals surface area contributed by atoms with Crippen molar-refractivity contribution in [3.63, 3.8) is 0 Å². The first-order chi connectivity index (χ1) is 9.96. The van der Waals surface area contributed by atoms with E-state index in [-0.39, 0.29) is 23.1 Å². The second-order valence-electron chi connectivity index (χ2n) is 5.37. The fraction of sp³-hybridized carbons (Fsp3) is 0.357. The zero-order valence-corrected chi connectivity index (χ0v) is 12.2. The Labute approximate surface area is 122 Å². The number of nitrogen functional groups attached to an aromatic ring is 1. The van der Waals surface area contributed by atoms with Crippen molar-refractivity contribution in [1.82, 2.24) is 4.98 Å². The van der Waals surface area contributed by atoms with Crippen molar-refractivity contribution < 1.29 is 12.8 Å². The molecule has 112 valence electrons. The van der Waals surface area contributed by atoms with Gasteiger partial charge in [-0.1, -0.05) is 0 Å². The molecule has 1 aliphatic rings. The van der Waals surface area contributed by atoms with Gasteiger partial charge in [-0.3, -0.25) is 4.98 Å². The maximum atomic E-state index is 14.1. The summed E-state index contributed by atoms with van der Waals surface area (Å²) in [7, 11) is -2.93. The molecule has 21 heavy (non-hydrogen) atoms. The van der Waals surface area contributed by atoms with Crippen LogP contribution in [0.5, 0.6) is 0 Å². The van der Waals surface area contributed by atoms with Gasteiger partial charge in [0.1, 0.15) is 0 Å². The Morgan fingerprint density at radius 2 is 2.29 bits per heavy atom. The quantitative estimate of drug-likeness (QED) is 0.845. The number of nitrogens with one attached hydrogen (secondary N) is 1. The van der Waals surface area contributed by atoms with Crippen LogP contribution in [0.15, 0.2) is 24.4 Å². The van der Waals surface area contributed by atoms with E-state index in [0.29, 0.717) is 29.6 Å². The van der Waals surface area contributed by atoms with E-state index in [2.05, 4.69) is 10.3 Å². The molecule has 5 nitrogen and oxygen atoms in total. The van der Waals surface area contributed by atoms with E-state index in [9.17, 15) is 12.8 Å². The molecule has 1 aromatic carbocycles. The van der Waals surface area contributed by atoms with Crippen LogP contribution in [0.4, 0.5) is 15.8 Å². The Hall–Kier alpha value is -1.89. The van der Waals surface area contributed by atoms with E-state index in [1.54, 1.807) is 18.3 Å². The molecule has 1 saturated heterocycles. The lowest BCUT2D eigenvalue weighted by Crippen LogP contribution is -2.16. The third-order valence-electron chi connectivity index (χ3n) is 3.77. The highest BCUT2D eigenvalue weighted by atomic mass is 32.2. The van der Waals surface area contributed by atoms with Gasteiger partial charge < -0.3 is 11.1 Å². The average Bonchev–Trinajstić information content (AvgIpc) is 2.78. The summed E-state index contributed by atoms with van der Waals surface area (Å²) in [5.41, 5.74) is 6.88. The van der Waals surface area contributed by atoms with Gasteiger partial charge in [-0.05, 0) is 30.5 Å².